The summed E-state index contributed by atoms with van der Waals surface area (Å²) in [5, 5.41) is 9.61. The summed E-state index contributed by atoms with van der Waals surface area (Å²) in [5.74, 6) is 0.0968. The molecule has 10 heteroatoms. The summed E-state index contributed by atoms with van der Waals surface area (Å²) in [6.07, 6.45) is 9.20. The van der Waals surface area contributed by atoms with Gasteiger partial charge in [0.1, 0.15) is 28.8 Å². The second kappa shape index (κ2) is 8.33. The molecule has 0 spiro atoms. The first kappa shape index (κ1) is 19.5. The molecule has 0 saturated carbocycles. The van der Waals surface area contributed by atoms with Crippen LogP contribution in [0.5, 0.6) is 0 Å². The predicted octanol–water partition coefficient (Wildman–Crippen LogP) is 4.54. The number of anilines is 1. The zero-order valence-electron chi connectivity index (χ0n) is 15.8. The minimum atomic E-state index is -0.139. The number of nitrogens with one attached hydrogen (secondary N) is 1. The van der Waals surface area contributed by atoms with Crippen LogP contribution in [0.2, 0.25) is 5.02 Å². The van der Waals surface area contributed by atoms with Gasteiger partial charge in [0.05, 0.1) is 17.1 Å². The molecule has 7 nitrogen and oxygen atoms in total. The van der Waals surface area contributed by atoms with E-state index in [9.17, 15) is 4.79 Å². The van der Waals surface area contributed by atoms with E-state index in [4.69, 9.17) is 11.6 Å². The molecule has 30 heavy (non-hydrogen) atoms. The van der Waals surface area contributed by atoms with E-state index in [0.717, 1.165) is 28.1 Å². The maximum Gasteiger partial charge on any atom is 0.234 e. The molecule has 0 fully saturated rings. The number of aromatic nitrogens is 5. The highest BCUT2D eigenvalue weighted by molar-refractivity contribution is 8.00. The number of hydrogen-bond donors (Lipinski definition) is 1. The van der Waals surface area contributed by atoms with Gasteiger partial charge in [-0.1, -0.05) is 23.4 Å². The average molecular weight is 457 g/mol. The largest absolute Gasteiger partial charge is 0.323 e. The van der Waals surface area contributed by atoms with E-state index in [1.54, 1.807) is 46.9 Å². The van der Waals surface area contributed by atoms with Crippen molar-refractivity contribution in [2.75, 3.05) is 11.1 Å². The van der Waals surface area contributed by atoms with Crippen LogP contribution in [0.3, 0.4) is 0 Å². The molecule has 0 aliphatic heterocycles. The van der Waals surface area contributed by atoms with Gasteiger partial charge in [-0.3, -0.25) is 4.79 Å². The van der Waals surface area contributed by atoms with E-state index in [1.165, 1.54) is 41.4 Å². The Bertz CT molecular complexity index is 1220. The van der Waals surface area contributed by atoms with Crippen LogP contribution in [0.15, 0.2) is 42.2 Å². The van der Waals surface area contributed by atoms with E-state index in [-0.39, 0.29) is 11.7 Å². The molecule has 3 aromatic heterocycles. The van der Waals surface area contributed by atoms with Crippen molar-refractivity contribution in [3.05, 3.63) is 52.6 Å². The first-order valence-electron chi connectivity index (χ1n) is 9.51. The number of rotatable bonds is 5. The SMILES string of the molecule is O=C(CSc1ncnc2sc3c(c12)CCCC3)Nc1cc(Cl)ccc1-n1cncn1. The monoisotopic (exact) mass is 456 g/mol. The number of thioether (sulfide) groups is 1. The molecule has 1 amide bonds. The van der Waals surface area contributed by atoms with E-state index >= 15 is 0 Å². The van der Waals surface area contributed by atoms with Crippen LogP contribution in [0.1, 0.15) is 23.3 Å². The highest BCUT2D eigenvalue weighted by Gasteiger charge is 2.20. The third-order valence-corrected chi connectivity index (χ3v) is 7.38. The van der Waals surface area contributed by atoms with Gasteiger partial charge >= 0.3 is 0 Å². The molecule has 1 aromatic carbocycles. The molecule has 1 aliphatic carbocycles. The Hall–Kier alpha value is -2.49. The average Bonchev–Trinajstić information content (AvgIpc) is 3.40. The van der Waals surface area contributed by atoms with Gasteiger partial charge in [0.15, 0.2) is 0 Å². The van der Waals surface area contributed by atoms with Crippen molar-refractivity contribution in [2.24, 2.45) is 0 Å². The van der Waals surface area contributed by atoms with Crippen molar-refractivity contribution < 1.29 is 4.79 Å². The van der Waals surface area contributed by atoms with Crippen LogP contribution in [0, 0.1) is 0 Å². The van der Waals surface area contributed by atoms with Crippen LogP contribution in [-0.4, -0.2) is 36.4 Å². The Morgan fingerprint density at radius 1 is 1.23 bits per heavy atom. The fourth-order valence-electron chi connectivity index (χ4n) is 3.63. The molecule has 0 atom stereocenters. The molecule has 0 radical (unpaired) electrons. The number of halogens is 1. The molecule has 4 aromatic rings. The summed E-state index contributed by atoms with van der Waals surface area (Å²) in [4.78, 5) is 28.0. The van der Waals surface area contributed by atoms with Gasteiger partial charge < -0.3 is 5.32 Å². The molecule has 0 unspecified atom stereocenters. The molecule has 152 valence electrons. The molecular formula is C20H17ClN6OS2. The van der Waals surface area contributed by atoms with Crippen molar-refractivity contribution in [3.63, 3.8) is 0 Å². The van der Waals surface area contributed by atoms with Crippen LogP contribution in [-0.2, 0) is 17.6 Å². The summed E-state index contributed by atoms with van der Waals surface area (Å²) in [5.41, 5.74) is 2.65. The van der Waals surface area contributed by atoms with E-state index < -0.39 is 0 Å². The van der Waals surface area contributed by atoms with Crippen molar-refractivity contribution in [3.8, 4) is 5.69 Å². The highest BCUT2D eigenvalue weighted by Crippen LogP contribution is 2.39. The Morgan fingerprint density at radius 2 is 2.13 bits per heavy atom. The zero-order chi connectivity index (χ0) is 20.5. The van der Waals surface area contributed by atoms with Gasteiger partial charge in [-0.15, -0.1) is 11.3 Å². The number of nitrogens with zero attached hydrogens (tertiary/aromatic N) is 5. The maximum absolute atomic E-state index is 12.7. The van der Waals surface area contributed by atoms with Gasteiger partial charge in [0.2, 0.25) is 5.91 Å². The van der Waals surface area contributed by atoms with E-state index in [1.807, 2.05) is 0 Å². The number of thiophene rings is 1. The Balaban J connectivity index is 1.36. The van der Waals surface area contributed by atoms with Crippen LogP contribution in [0.25, 0.3) is 15.9 Å². The van der Waals surface area contributed by atoms with Gasteiger partial charge in [-0.2, -0.15) is 5.10 Å². The van der Waals surface area contributed by atoms with Crippen molar-refractivity contribution >= 4 is 56.5 Å². The van der Waals surface area contributed by atoms with Crippen molar-refractivity contribution in [1.82, 2.24) is 24.7 Å². The molecule has 1 aliphatic rings. The lowest BCUT2D eigenvalue weighted by Crippen LogP contribution is -2.16. The molecular weight excluding hydrogens is 440 g/mol. The summed E-state index contributed by atoms with van der Waals surface area (Å²) in [7, 11) is 0. The van der Waals surface area contributed by atoms with Crippen molar-refractivity contribution in [2.45, 2.75) is 30.7 Å². The molecule has 0 bridgehead atoms. The van der Waals surface area contributed by atoms with Crippen LogP contribution < -0.4 is 5.32 Å². The first-order chi connectivity index (χ1) is 14.7. The van der Waals surface area contributed by atoms with Crippen LogP contribution in [0.4, 0.5) is 5.69 Å². The fraction of sp³-hybridized carbons (Fsp3) is 0.250. The fourth-order valence-corrected chi connectivity index (χ4v) is 5.92. The number of aryl methyl sites for hydroxylation is 2. The normalized spacial score (nSPS) is 13.4. The maximum atomic E-state index is 12.7. The summed E-state index contributed by atoms with van der Waals surface area (Å²) >= 11 is 9.33. The van der Waals surface area contributed by atoms with Crippen molar-refractivity contribution in [1.29, 1.82) is 0 Å². The van der Waals surface area contributed by atoms with Gasteiger partial charge in [-0.05, 0) is 49.4 Å². The van der Waals surface area contributed by atoms with E-state index in [0.29, 0.717) is 16.4 Å². The minimum Gasteiger partial charge on any atom is -0.323 e. The summed E-state index contributed by atoms with van der Waals surface area (Å²) < 4.78 is 1.59. The Morgan fingerprint density at radius 3 is 3.00 bits per heavy atom. The number of hydrogen-bond acceptors (Lipinski definition) is 7. The molecule has 5 rings (SSSR count). The number of carbonyl (C=O) groups is 1. The number of carbonyl (C=O) groups excluding carboxylic acids is 1. The molecule has 3 heterocycles. The minimum absolute atomic E-state index is 0.139. The predicted molar refractivity (Wildman–Crippen MR) is 120 cm³/mol. The smallest absolute Gasteiger partial charge is 0.234 e. The highest BCUT2D eigenvalue weighted by atomic mass is 35.5. The Kier molecular flexibility index (Phi) is 5.41. The number of benzene rings is 1. The Labute approximate surface area is 185 Å². The second-order valence-electron chi connectivity index (χ2n) is 6.91. The topological polar surface area (TPSA) is 85.6 Å². The lowest BCUT2D eigenvalue weighted by atomic mass is 9.97. The standard InChI is InChI=1S/C20H17ClN6OS2/c21-12-5-6-15(27-11-22-9-25-27)14(7-12)26-17(28)8-29-19-18-13-3-1-2-4-16(13)30-20(18)24-10-23-19/h5-7,9-11H,1-4,8H2,(H,26,28). The lowest BCUT2D eigenvalue weighted by molar-refractivity contribution is -0.113. The van der Waals surface area contributed by atoms with Crippen LogP contribution >= 0.6 is 34.7 Å². The first-order valence-corrected chi connectivity index (χ1v) is 11.7. The third kappa shape index (κ3) is 3.80. The lowest BCUT2D eigenvalue weighted by Gasteiger charge is -2.12. The quantitative estimate of drug-likeness (QED) is 0.350. The summed E-state index contributed by atoms with van der Waals surface area (Å²) in [6, 6.07) is 5.25. The third-order valence-electron chi connectivity index (χ3n) is 4.95. The van der Waals surface area contributed by atoms with Gasteiger partial charge in [0.25, 0.3) is 0 Å². The summed E-state index contributed by atoms with van der Waals surface area (Å²) in [6.45, 7) is 0. The number of fused-ring (bicyclic) bond motifs is 3. The van der Waals surface area contributed by atoms with E-state index in [2.05, 4.69) is 25.4 Å². The molecule has 1 N–H and O–H groups in total. The zero-order valence-corrected chi connectivity index (χ0v) is 18.2. The second-order valence-corrected chi connectivity index (χ2v) is 9.39. The number of amides is 1. The van der Waals surface area contributed by atoms with Gasteiger partial charge in [0, 0.05) is 15.3 Å². The molecule has 0 saturated heterocycles. The van der Waals surface area contributed by atoms with Gasteiger partial charge in [-0.25, -0.2) is 19.6 Å².